The molecule has 1 aliphatic rings. The van der Waals surface area contributed by atoms with Gasteiger partial charge in [-0.2, -0.15) is 0 Å². The van der Waals surface area contributed by atoms with Crippen molar-refractivity contribution in [3.05, 3.63) is 52.2 Å². The van der Waals surface area contributed by atoms with Crippen molar-refractivity contribution in [1.29, 1.82) is 0 Å². The van der Waals surface area contributed by atoms with Crippen LogP contribution in [0.2, 0.25) is 0 Å². The number of aryl methyl sites for hydroxylation is 2. The number of thiazole rings is 1. The van der Waals surface area contributed by atoms with Gasteiger partial charge >= 0.3 is 0 Å². The van der Waals surface area contributed by atoms with E-state index in [1.54, 1.807) is 12.4 Å². The van der Waals surface area contributed by atoms with Gasteiger partial charge in [0.25, 0.3) is 5.91 Å². The topological polar surface area (TPSA) is 87.1 Å². The number of amides is 1. The molecular weight excluding hydrogens is 374 g/mol. The minimum atomic E-state index is 0.0739. The molecule has 9 heteroatoms. The molecule has 4 rings (SSSR count). The third kappa shape index (κ3) is 3.94. The van der Waals surface area contributed by atoms with Gasteiger partial charge in [-0.1, -0.05) is 0 Å². The molecule has 0 unspecified atom stereocenters. The van der Waals surface area contributed by atoms with Crippen LogP contribution < -0.4 is 10.2 Å². The van der Waals surface area contributed by atoms with Gasteiger partial charge in [0.15, 0.2) is 11.6 Å². The molecule has 0 radical (unpaired) electrons. The maximum absolute atomic E-state index is 12.7. The van der Waals surface area contributed by atoms with Crippen LogP contribution in [0.4, 0.5) is 17.3 Å². The van der Waals surface area contributed by atoms with E-state index in [2.05, 4.69) is 30.4 Å². The van der Waals surface area contributed by atoms with Gasteiger partial charge in [-0.25, -0.2) is 4.98 Å². The summed E-state index contributed by atoms with van der Waals surface area (Å²) in [6.07, 6.45) is 3.46. The summed E-state index contributed by atoms with van der Waals surface area (Å²) in [5.74, 6) is 1.56. The molecule has 1 aliphatic heterocycles. The van der Waals surface area contributed by atoms with Crippen LogP contribution in [0.25, 0.3) is 0 Å². The molecule has 0 saturated carbocycles. The van der Waals surface area contributed by atoms with Crippen LogP contribution in [-0.2, 0) is 0 Å². The van der Waals surface area contributed by atoms with Crippen molar-refractivity contribution in [2.45, 2.75) is 13.8 Å². The summed E-state index contributed by atoms with van der Waals surface area (Å²) in [7, 11) is 0. The summed E-state index contributed by atoms with van der Waals surface area (Å²) >= 11 is 1.47. The fourth-order valence-corrected chi connectivity index (χ4v) is 4.04. The molecule has 3 aromatic heterocycles. The third-order valence-corrected chi connectivity index (χ3v) is 5.63. The second kappa shape index (κ2) is 7.89. The molecule has 0 bridgehead atoms. The maximum atomic E-state index is 12.7. The lowest BCUT2D eigenvalue weighted by molar-refractivity contribution is 0.0750. The summed E-state index contributed by atoms with van der Waals surface area (Å²) in [4.78, 5) is 25.9. The van der Waals surface area contributed by atoms with Crippen LogP contribution in [0.1, 0.15) is 20.4 Å². The lowest BCUT2D eigenvalue weighted by atomic mass is 10.2. The fourth-order valence-electron chi connectivity index (χ4n) is 3.16. The molecule has 8 nitrogen and oxygen atoms in total. The number of piperazine rings is 1. The number of hydrogen-bond donors (Lipinski definition) is 1. The van der Waals surface area contributed by atoms with Gasteiger partial charge in [-0.3, -0.25) is 9.78 Å². The fraction of sp³-hybridized carbons (Fsp3) is 0.316. The molecule has 144 valence electrons. The number of anilines is 3. The Morgan fingerprint density at radius 3 is 2.54 bits per heavy atom. The Bertz CT molecular complexity index is 950. The smallest absolute Gasteiger partial charge is 0.265 e. The van der Waals surface area contributed by atoms with E-state index in [0.717, 1.165) is 40.2 Å². The van der Waals surface area contributed by atoms with Crippen molar-refractivity contribution in [3.8, 4) is 0 Å². The lowest BCUT2D eigenvalue weighted by Crippen LogP contribution is -2.49. The summed E-state index contributed by atoms with van der Waals surface area (Å²) in [5, 5.41) is 12.7. The first-order valence-electron chi connectivity index (χ1n) is 9.09. The molecule has 0 spiro atoms. The normalized spacial score (nSPS) is 14.2. The Kier molecular flexibility index (Phi) is 5.16. The average Bonchev–Trinajstić information content (AvgIpc) is 3.07. The van der Waals surface area contributed by atoms with E-state index < -0.39 is 0 Å². The van der Waals surface area contributed by atoms with Crippen LogP contribution in [0.3, 0.4) is 0 Å². The quantitative estimate of drug-likeness (QED) is 0.727. The number of nitrogens with one attached hydrogen (secondary N) is 1. The molecule has 28 heavy (non-hydrogen) atoms. The minimum Gasteiger partial charge on any atom is -0.352 e. The van der Waals surface area contributed by atoms with Crippen LogP contribution >= 0.6 is 11.3 Å². The summed E-state index contributed by atoms with van der Waals surface area (Å²) in [6.45, 7) is 6.60. The Labute approximate surface area is 167 Å². The Balaban J connectivity index is 1.36. The number of carbonyl (C=O) groups excluding carboxylic acids is 1. The highest BCUT2D eigenvalue weighted by atomic mass is 32.1. The Morgan fingerprint density at radius 1 is 1.11 bits per heavy atom. The molecule has 1 amide bonds. The molecule has 1 fully saturated rings. The number of rotatable bonds is 4. The van der Waals surface area contributed by atoms with Crippen molar-refractivity contribution in [2.24, 2.45) is 0 Å². The standard InChI is InChI=1S/C19H21N7OS/c1-13-18(28-14(2)21-13)19(27)26-10-8-25(9-11-26)17-6-5-16(23-24-17)22-15-4-3-7-20-12-15/h3-7,12H,8-11H2,1-2H3,(H,22,23). The highest BCUT2D eigenvalue weighted by Gasteiger charge is 2.25. The largest absolute Gasteiger partial charge is 0.352 e. The Hall–Kier alpha value is -3.07. The van der Waals surface area contributed by atoms with Crippen molar-refractivity contribution in [2.75, 3.05) is 36.4 Å². The highest BCUT2D eigenvalue weighted by molar-refractivity contribution is 7.13. The zero-order chi connectivity index (χ0) is 19.5. The van der Waals surface area contributed by atoms with Crippen LogP contribution in [0.15, 0.2) is 36.7 Å². The molecule has 0 atom stereocenters. The predicted octanol–water partition coefficient (Wildman–Crippen LogP) is 2.65. The van der Waals surface area contributed by atoms with E-state index in [-0.39, 0.29) is 5.91 Å². The number of pyridine rings is 1. The molecule has 4 heterocycles. The molecule has 0 aromatic carbocycles. The highest BCUT2D eigenvalue weighted by Crippen LogP contribution is 2.21. The first-order chi connectivity index (χ1) is 13.6. The second-order valence-corrected chi connectivity index (χ2v) is 7.77. The van der Waals surface area contributed by atoms with E-state index >= 15 is 0 Å². The van der Waals surface area contributed by atoms with E-state index in [4.69, 9.17) is 0 Å². The van der Waals surface area contributed by atoms with Crippen molar-refractivity contribution in [1.82, 2.24) is 25.1 Å². The molecule has 1 saturated heterocycles. The van der Waals surface area contributed by atoms with Gasteiger partial charge in [0.05, 0.1) is 22.6 Å². The second-order valence-electron chi connectivity index (χ2n) is 6.57. The van der Waals surface area contributed by atoms with Gasteiger partial charge in [-0.15, -0.1) is 21.5 Å². The summed E-state index contributed by atoms with van der Waals surface area (Å²) < 4.78 is 0. The van der Waals surface area contributed by atoms with Gasteiger partial charge in [-0.05, 0) is 38.1 Å². The third-order valence-electron chi connectivity index (χ3n) is 4.57. The summed E-state index contributed by atoms with van der Waals surface area (Å²) in [6, 6.07) is 7.63. The van der Waals surface area contributed by atoms with Crippen LogP contribution in [0.5, 0.6) is 0 Å². The monoisotopic (exact) mass is 395 g/mol. The molecular formula is C19H21N7OS. The van der Waals surface area contributed by atoms with Crippen molar-refractivity contribution >= 4 is 34.6 Å². The van der Waals surface area contributed by atoms with Crippen LogP contribution in [0, 0.1) is 13.8 Å². The van der Waals surface area contributed by atoms with Crippen LogP contribution in [-0.4, -0.2) is 57.2 Å². The number of nitrogens with zero attached hydrogens (tertiary/aromatic N) is 6. The molecule has 1 N–H and O–H groups in total. The maximum Gasteiger partial charge on any atom is 0.265 e. The van der Waals surface area contributed by atoms with Gasteiger partial charge in [0.1, 0.15) is 4.88 Å². The predicted molar refractivity (Wildman–Crippen MR) is 109 cm³/mol. The SMILES string of the molecule is Cc1nc(C)c(C(=O)N2CCN(c3ccc(Nc4cccnc4)nn3)CC2)s1. The first-order valence-corrected chi connectivity index (χ1v) is 9.91. The van der Waals surface area contributed by atoms with Gasteiger partial charge in [0.2, 0.25) is 0 Å². The van der Waals surface area contributed by atoms with Gasteiger partial charge in [0, 0.05) is 32.4 Å². The first kappa shape index (κ1) is 18.3. The minimum absolute atomic E-state index is 0.0739. The van der Waals surface area contributed by atoms with Crippen molar-refractivity contribution in [3.63, 3.8) is 0 Å². The average molecular weight is 395 g/mol. The van der Waals surface area contributed by atoms with Crippen molar-refractivity contribution < 1.29 is 4.79 Å². The number of carbonyl (C=O) groups is 1. The zero-order valence-corrected chi connectivity index (χ0v) is 16.6. The van der Waals surface area contributed by atoms with E-state index in [1.807, 2.05) is 43.0 Å². The number of hydrogen-bond acceptors (Lipinski definition) is 8. The number of aromatic nitrogens is 4. The van der Waals surface area contributed by atoms with Gasteiger partial charge < -0.3 is 15.1 Å². The van der Waals surface area contributed by atoms with E-state index in [0.29, 0.717) is 18.9 Å². The summed E-state index contributed by atoms with van der Waals surface area (Å²) in [5.41, 5.74) is 1.68. The van der Waals surface area contributed by atoms with E-state index in [9.17, 15) is 4.79 Å². The lowest BCUT2D eigenvalue weighted by Gasteiger charge is -2.35. The Morgan fingerprint density at radius 2 is 1.93 bits per heavy atom. The molecule has 0 aliphatic carbocycles. The molecule has 3 aromatic rings. The zero-order valence-electron chi connectivity index (χ0n) is 15.8. The van der Waals surface area contributed by atoms with E-state index in [1.165, 1.54) is 11.3 Å².